The van der Waals surface area contributed by atoms with E-state index in [1.165, 1.54) is 6.26 Å². The zero-order chi connectivity index (χ0) is 19.0. The smallest absolute Gasteiger partial charge is 0.287 e. The van der Waals surface area contributed by atoms with E-state index in [0.717, 1.165) is 38.0 Å². The van der Waals surface area contributed by atoms with Gasteiger partial charge in [-0.2, -0.15) is 0 Å². The first-order valence-electron chi connectivity index (χ1n) is 9.21. The van der Waals surface area contributed by atoms with Crippen LogP contribution >= 0.6 is 0 Å². The number of amides is 1. The number of nitrogens with zero attached hydrogens (tertiary/aromatic N) is 1. The highest BCUT2D eigenvalue weighted by Crippen LogP contribution is 2.10. The summed E-state index contributed by atoms with van der Waals surface area (Å²) >= 11 is 0. The first-order chi connectivity index (χ1) is 13.2. The molecule has 7 nitrogen and oxygen atoms in total. The molecule has 1 aliphatic rings. The Hall–Kier alpha value is -2.48. The molecule has 1 aromatic carbocycles. The fourth-order valence-corrected chi connectivity index (χ4v) is 3.24. The molecule has 2 aromatic rings. The van der Waals surface area contributed by atoms with Crippen molar-refractivity contribution in [3.05, 3.63) is 60.1 Å². The molecule has 1 amide bonds. The minimum Gasteiger partial charge on any atom is -0.459 e. The third-order valence-corrected chi connectivity index (χ3v) is 4.66. The van der Waals surface area contributed by atoms with Crippen molar-refractivity contribution < 1.29 is 14.0 Å². The average molecular weight is 370 g/mol. The lowest BCUT2D eigenvalue weighted by Crippen LogP contribution is -2.63. The molecule has 1 aromatic heterocycles. The Labute approximate surface area is 159 Å². The van der Waals surface area contributed by atoms with Gasteiger partial charge in [-0.05, 0) is 17.7 Å². The fourth-order valence-electron chi connectivity index (χ4n) is 3.24. The number of hydrogen-bond donors (Lipinski definition) is 3. The number of nitrogens with one attached hydrogen (secondary N) is 3. The summed E-state index contributed by atoms with van der Waals surface area (Å²) in [6.45, 7) is 4.83. The Bertz CT molecular complexity index is 714. The van der Waals surface area contributed by atoms with Gasteiger partial charge in [0.25, 0.3) is 5.91 Å². The summed E-state index contributed by atoms with van der Waals surface area (Å²) < 4.78 is 5.18. The van der Waals surface area contributed by atoms with Gasteiger partial charge in [-0.15, -0.1) is 0 Å². The van der Waals surface area contributed by atoms with Gasteiger partial charge in [-0.3, -0.25) is 9.69 Å². The molecule has 3 rings (SSSR count). The predicted octanol–water partition coefficient (Wildman–Crippen LogP) is 0.642. The van der Waals surface area contributed by atoms with Gasteiger partial charge in [-0.1, -0.05) is 30.3 Å². The second-order valence-corrected chi connectivity index (χ2v) is 6.82. The molecule has 144 valence electrons. The molecule has 7 heteroatoms. The molecule has 0 radical (unpaired) electrons. The van der Waals surface area contributed by atoms with E-state index in [2.05, 4.69) is 20.9 Å². The van der Waals surface area contributed by atoms with Crippen LogP contribution in [0.25, 0.3) is 0 Å². The zero-order valence-corrected chi connectivity index (χ0v) is 15.3. The highest BCUT2D eigenvalue weighted by molar-refractivity contribution is 5.94. The Morgan fingerprint density at radius 1 is 1.19 bits per heavy atom. The Morgan fingerprint density at radius 3 is 2.63 bits per heavy atom. The molecule has 0 bridgehead atoms. The van der Waals surface area contributed by atoms with E-state index >= 15 is 0 Å². The molecular weight excluding hydrogens is 344 g/mol. The van der Waals surface area contributed by atoms with Gasteiger partial charge in [0.15, 0.2) is 5.76 Å². The largest absolute Gasteiger partial charge is 0.459 e. The predicted molar refractivity (Wildman–Crippen MR) is 102 cm³/mol. The number of aldehydes is 1. The minimum atomic E-state index is -1.03. The van der Waals surface area contributed by atoms with Crippen molar-refractivity contribution in [1.82, 2.24) is 20.9 Å². The van der Waals surface area contributed by atoms with Gasteiger partial charge < -0.3 is 25.2 Å². The number of carbonyl (C=O) groups excluding carboxylic acids is 2. The van der Waals surface area contributed by atoms with Gasteiger partial charge in [0.2, 0.25) is 0 Å². The summed E-state index contributed by atoms with van der Waals surface area (Å²) in [6, 6.07) is 13.2. The van der Waals surface area contributed by atoms with E-state index in [1.807, 2.05) is 30.3 Å². The van der Waals surface area contributed by atoms with Crippen LogP contribution in [0.5, 0.6) is 0 Å². The second kappa shape index (κ2) is 9.45. The summed E-state index contributed by atoms with van der Waals surface area (Å²) in [5.74, 6) is -0.187. The van der Waals surface area contributed by atoms with Crippen molar-refractivity contribution in [2.75, 3.05) is 39.3 Å². The van der Waals surface area contributed by atoms with Gasteiger partial charge >= 0.3 is 0 Å². The first kappa shape index (κ1) is 19.3. The van der Waals surface area contributed by atoms with Gasteiger partial charge in [0.05, 0.1) is 6.26 Å². The van der Waals surface area contributed by atoms with Gasteiger partial charge in [0.1, 0.15) is 11.8 Å². The summed E-state index contributed by atoms with van der Waals surface area (Å²) in [7, 11) is 0. The van der Waals surface area contributed by atoms with E-state index in [4.69, 9.17) is 4.42 Å². The number of furan rings is 1. The molecule has 1 saturated heterocycles. The van der Waals surface area contributed by atoms with Crippen molar-refractivity contribution in [2.24, 2.45) is 0 Å². The third-order valence-electron chi connectivity index (χ3n) is 4.66. The molecule has 0 aliphatic carbocycles. The van der Waals surface area contributed by atoms with E-state index in [9.17, 15) is 9.59 Å². The van der Waals surface area contributed by atoms with Gasteiger partial charge in [-0.25, -0.2) is 0 Å². The number of benzene rings is 1. The molecule has 2 heterocycles. The molecule has 0 spiro atoms. The maximum absolute atomic E-state index is 12.5. The Morgan fingerprint density at radius 2 is 1.96 bits per heavy atom. The average Bonchev–Trinajstić information content (AvgIpc) is 3.24. The third kappa shape index (κ3) is 5.50. The quantitative estimate of drug-likeness (QED) is 0.562. The lowest BCUT2D eigenvalue weighted by Gasteiger charge is -2.37. The summed E-state index contributed by atoms with van der Waals surface area (Å²) in [4.78, 5) is 26.8. The van der Waals surface area contributed by atoms with E-state index in [0.29, 0.717) is 19.6 Å². The molecule has 1 unspecified atom stereocenters. The normalized spacial score (nSPS) is 17.2. The fraction of sp³-hybridized carbons (Fsp3) is 0.400. The van der Waals surface area contributed by atoms with Crippen molar-refractivity contribution >= 4 is 12.2 Å². The highest BCUT2D eigenvalue weighted by atomic mass is 16.3. The Balaban J connectivity index is 1.68. The molecule has 0 saturated carbocycles. The summed E-state index contributed by atoms with van der Waals surface area (Å²) in [5, 5.41) is 9.50. The van der Waals surface area contributed by atoms with Crippen molar-refractivity contribution in [2.45, 2.75) is 12.1 Å². The molecule has 1 fully saturated rings. The van der Waals surface area contributed by atoms with E-state index in [1.54, 1.807) is 12.1 Å². The topological polar surface area (TPSA) is 86.6 Å². The molecular formula is C20H26N4O3. The van der Waals surface area contributed by atoms with Crippen molar-refractivity contribution in [3.8, 4) is 0 Å². The SMILES string of the molecule is O=CC(CNCc1ccccc1)(CN1CCNCC1)NC(=O)c1ccco1. The maximum Gasteiger partial charge on any atom is 0.287 e. The lowest BCUT2D eigenvalue weighted by atomic mass is 9.99. The van der Waals surface area contributed by atoms with Crippen LogP contribution in [0.2, 0.25) is 0 Å². The molecule has 3 N–H and O–H groups in total. The number of hydrogen-bond acceptors (Lipinski definition) is 6. The lowest BCUT2D eigenvalue weighted by molar-refractivity contribution is -0.113. The summed E-state index contributed by atoms with van der Waals surface area (Å²) in [6.07, 6.45) is 2.29. The van der Waals surface area contributed by atoms with Crippen LogP contribution < -0.4 is 16.0 Å². The van der Waals surface area contributed by atoms with Crippen LogP contribution in [0.1, 0.15) is 16.1 Å². The van der Waals surface area contributed by atoms with E-state index in [-0.39, 0.29) is 11.7 Å². The number of carbonyl (C=O) groups is 2. The standard InChI is InChI=1S/C20H26N4O3/c25-16-20(15-24-10-8-21-9-11-24,23-19(26)18-7-4-12-27-18)14-22-13-17-5-2-1-3-6-17/h1-7,12,16,21-22H,8-11,13-15H2,(H,23,26). The molecule has 27 heavy (non-hydrogen) atoms. The van der Waals surface area contributed by atoms with Crippen LogP contribution in [0.3, 0.4) is 0 Å². The number of rotatable bonds is 9. The van der Waals surface area contributed by atoms with Crippen molar-refractivity contribution in [3.63, 3.8) is 0 Å². The summed E-state index contributed by atoms with van der Waals surface area (Å²) in [5.41, 5.74) is 0.0903. The van der Waals surface area contributed by atoms with Crippen LogP contribution in [0.15, 0.2) is 53.1 Å². The van der Waals surface area contributed by atoms with Crippen LogP contribution in [-0.4, -0.2) is 61.9 Å². The highest BCUT2D eigenvalue weighted by Gasteiger charge is 2.35. The van der Waals surface area contributed by atoms with Gasteiger partial charge in [0, 0.05) is 45.8 Å². The molecule has 1 aliphatic heterocycles. The maximum atomic E-state index is 12.5. The monoisotopic (exact) mass is 370 g/mol. The van der Waals surface area contributed by atoms with Crippen LogP contribution in [-0.2, 0) is 11.3 Å². The molecule has 1 atom stereocenters. The van der Waals surface area contributed by atoms with Crippen LogP contribution in [0.4, 0.5) is 0 Å². The zero-order valence-electron chi connectivity index (χ0n) is 15.3. The number of piperazine rings is 1. The Kier molecular flexibility index (Phi) is 6.75. The first-order valence-corrected chi connectivity index (χ1v) is 9.21. The second-order valence-electron chi connectivity index (χ2n) is 6.82. The van der Waals surface area contributed by atoms with E-state index < -0.39 is 5.54 Å². The van der Waals surface area contributed by atoms with Crippen LogP contribution in [0, 0.1) is 0 Å². The minimum absolute atomic E-state index is 0.199. The van der Waals surface area contributed by atoms with Crippen molar-refractivity contribution in [1.29, 1.82) is 0 Å².